The molecule has 1 aromatic carbocycles. The molecule has 2 aromatic rings. The van der Waals surface area contributed by atoms with Crippen molar-refractivity contribution in [3.05, 3.63) is 35.2 Å². The van der Waals surface area contributed by atoms with Crippen LogP contribution in [0.1, 0.15) is 21.8 Å². The van der Waals surface area contributed by atoms with Gasteiger partial charge in [0.05, 0.1) is 27.5 Å². The van der Waals surface area contributed by atoms with E-state index in [0.29, 0.717) is 28.6 Å². The molecule has 1 heterocycles. The summed E-state index contributed by atoms with van der Waals surface area (Å²) in [6.45, 7) is 1.70. The number of hydrogen-bond donors (Lipinski definition) is 1. The fourth-order valence-corrected chi connectivity index (χ4v) is 1.84. The fourth-order valence-electron chi connectivity index (χ4n) is 1.84. The lowest BCUT2D eigenvalue weighted by molar-refractivity contribution is 0.0946. The van der Waals surface area contributed by atoms with E-state index in [1.807, 2.05) is 0 Å². The van der Waals surface area contributed by atoms with Crippen LogP contribution in [0.25, 0.3) is 0 Å². The van der Waals surface area contributed by atoms with Crippen molar-refractivity contribution in [1.29, 1.82) is 0 Å². The quantitative estimate of drug-likeness (QED) is 0.644. The smallest absolute Gasteiger partial charge is 0.293 e. The van der Waals surface area contributed by atoms with E-state index >= 15 is 0 Å². The zero-order chi connectivity index (χ0) is 16.8. The Labute approximate surface area is 133 Å². The summed E-state index contributed by atoms with van der Waals surface area (Å²) in [5.74, 6) is 1.65. The van der Waals surface area contributed by atoms with Gasteiger partial charge in [0.25, 0.3) is 5.91 Å². The third-order valence-corrected chi connectivity index (χ3v) is 2.97. The van der Waals surface area contributed by atoms with Crippen LogP contribution in [0, 0.1) is 6.92 Å². The number of hydrazone groups is 1. The minimum atomic E-state index is -0.474. The van der Waals surface area contributed by atoms with Crippen molar-refractivity contribution >= 4 is 12.1 Å². The summed E-state index contributed by atoms with van der Waals surface area (Å²) < 4.78 is 20.5. The number of aromatic nitrogens is 1. The number of benzene rings is 1. The van der Waals surface area contributed by atoms with Gasteiger partial charge in [0.2, 0.25) is 0 Å². The minimum absolute atomic E-state index is 0.152. The molecule has 0 bridgehead atoms. The maximum Gasteiger partial charge on any atom is 0.293 e. The number of nitrogens with zero attached hydrogens (tertiary/aromatic N) is 2. The second-order valence-corrected chi connectivity index (χ2v) is 4.47. The number of rotatable bonds is 6. The van der Waals surface area contributed by atoms with Crippen LogP contribution in [0.3, 0.4) is 0 Å². The van der Waals surface area contributed by atoms with Crippen molar-refractivity contribution in [2.45, 2.75) is 6.92 Å². The van der Waals surface area contributed by atoms with E-state index in [1.165, 1.54) is 33.6 Å². The van der Waals surface area contributed by atoms with Gasteiger partial charge in [-0.2, -0.15) is 5.10 Å². The number of methoxy groups -OCH3 is 3. The molecule has 0 fully saturated rings. The summed E-state index contributed by atoms with van der Waals surface area (Å²) in [6.07, 6.45) is 1.44. The van der Waals surface area contributed by atoms with E-state index in [9.17, 15) is 4.79 Å². The number of ether oxygens (including phenoxy) is 3. The number of carbonyl (C=O) groups excluding carboxylic acids is 1. The number of nitrogens with one attached hydrogen (secondary N) is 1. The van der Waals surface area contributed by atoms with Crippen molar-refractivity contribution in [3.8, 4) is 17.2 Å². The van der Waals surface area contributed by atoms with Gasteiger partial charge in [-0.1, -0.05) is 5.16 Å². The van der Waals surface area contributed by atoms with Gasteiger partial charge >= 0.3 is 0 Å². The maximum absolute atomic E-state index is 11.8. The lowest BCUT2D eigenvalue weighted by Crippen LogP contribution is -2.17. The van der Waals surface area contributed by atoms with Gasteiger partial charge in [0.1, 0.15) is 11.5 Å². The maximum atomic E-state index is 11.8. The molecule has 0 unspecified atom stereocenters. The summed E-state index contributed by atoms with van der Waals surface area (Å²) in [5, 5.41) is 7.49. The fraction of sp³-hybridized carbons (Fsp3) is 0.267. The Kier molecular flexibility index (Phi) is 5.19. The monoisotopic (exact) mass is 319 g/mol. The lowest BCUT2D eigenvalue weighted by Gasteiger charge is -2.11. The molecule has 1 amide bonds. The summed E-state index contributed by atoms with van der Waals surface area (Å²) in [6, 6.07) is 4.87. The van der Waals surface area contributed by atoms with E-state index in [-0.39, 0.29) is 5.69 Å². The van der Waals surface area contributed by atoms with Gasteiger partial charge < -0.3 is 18.7 Å². The number of carbonyl (C=O) groups is 1. The predicted molar refractivity (Wildman–Crippen MR) is 82.4 cm³/mol. The van der Waals surface area contributed by atoms with Gasteiger partial charge in [0, 0.05) is 17.7 Å². The van der Waals surface area contributed by atoms with Crippen LogP contribution in [-0.2, 0) is 0 Å². The van der Waals surface area contributed by atoms with Gasteiger partial charge in [-0.25, -0.2) is 5.43 Å². The van der Waals surface area contributed by atoms with E-state index in [1.54, 1.807) is 19.1 Å². The minimum Gasteiger partial charge on any atom is -0.496 e. The lowest BCUT2D eigenvalue weighted by atomic mass is 10.2. The number of aryl methyl sites for hydroxylation is 1. The Bertz CT molecular complexity index is 724. The molecule has 122 valence electrons. The highest BCUT2D eigenvalue weighted by Crippen LogP contribution is 2.33. The van der Waals surface area contributed by atoms with E-state index < -0.39 is 5.91 Å². The molecule has 1 aromatic heterocycles. The second kappa shape index (κ2) is 7.30. The first kappa shape index (κ1) is 16.3. The van der Waals surface area contributed by atoms with Crippen LogP contribution in [-0.4, -0.2) is 38.6 Å². The largest absolute Gasteiger partial charge is 0.496 e. The standard InChI is InChI=1S/C15H17N3O5/c1-9-5-11(18-23-9)15(19)17-16-8-10-6-13(21-3)14(22-4)7-12(10)20-2/h5-8H,1-4H3,(H,17,19)/b16-8+. The zero-order valence-corrected chi connectivity index (χ0v) is 13.2. The summed E-state index contributed by atoms with van der Waals surface area (Å²) >= 11 is 0. The SMILES string of the molecule is COc1cc(OC)c(OC)cc1/C=N/NC(=O)c1cc(C)on1. The highest BCUT2D eigenvalue weighted by atomic mass is 16.5. The van der Waals surface area contributed by atoms with Crippen molar-refractivity contribution < 1.29 is 23.5 Å². The molecule has 0 aliphatic rings. The molecule has 0 aliphatic heterocycles. The first-order valence-corrected chi connectivity index (χ1v) is 6.65. The summed E-state index contributed by atoms with van der Waals surface area (Å²) in [7, 11) is 4.58. The van der Waals surface area contributed by atoms with Crippen LogP contribution in [0.4, 0.5) is 0 Å². The van der Waals surface area contributed by atoms with E-state index in [0.717, 1.165) is 0 Å². The summed E-state index contributed by atoms with van der Waals surface area (Å²) in [5.41, 5.74) is 3.12. The molecule has 0 radical (unpaired) electrons. The Hall–Kier alpha value is -3.03. The van der Waals surface area contributed by atoms with Gasteiger partial charge in [-0.05, 0) is 13.0 Å². The molecule has 0 aliphatic carbocycles. The van der Waals surface area contributed by atoms with Crippen LogP contribution < -0.4 is 19.6 Å². The van der Waals surface area contributed by atoms with Crippen molar-refractivity contribution in [2.24, 2.45) is 5.10 Å². The molecule has 0 spiro atoms. The molecule has 0 saturated carbocycles. The van der Waals surface area contributed by atoms with Gasteiger partial charge in [0.15, 0.2) is 17.2 Å². The van der Waals surface area contributed by atoms with Gasteiger partial charge in [-0.15, -0.1) is 0 Å². The Morgan fingerprint density at radius 3 is 2.35 bits per heavy atom. The first-order chi connectivity index (χ1) is 11.1. The van der Waals surface area contributed by atoms with Crippen LogP contribution in [0.15, 0.2) is 27.8 Å². The highest BCUT2D eigenvalue weighted by molar-refractivity contribution is 5.93. The molecule has 2 rings (SSSR count). The molecule has 23 heavy (non-hydrogen) atoms. The second-order valence-electron chi connectivity index (χ2n) is 4.47. The Morgan fingerprint density at radius 2 is 1.78 bits per heavy atom. The molecule has 8 heteroatoms. The first-order valence-electron chi connectivity index (χ1n) is 6.65. The molecule has 1 N–H and O–H groups in total. The normalized spacial score (nSPS) is 10.6. The van der Waals surface area contributed by atoms with Crippen molar-refractivity contribution in [3.63, 3.8) is 0 Å². The molecule has 0 atom stereocenters. The van der Waals surface area contributed by atoms with Crippen molar-refractivity contribution in [2.75, 3.05) is 21.3 Å². The molecule has 0 saturated heterocycles. The highest BCUT2D eigenvalue weighted by Gasteiger charge is 2.12. The predicted octanol–water partition coefficient (Wildman–Crippen LogP) is 1.77. The molecular weight excluding hydrogens is 302 g/mol. The van der Waals surface area contributed by atoms with Crippen molar-refractivity contribution in [1.82, 2.24) is 10.6 Å². The van der Waals surface area contributed by atoms with Crippen LogP contribution >= 0.6 is 0 Å². The zero-order valence-electron chi connectivity index (χ0n) is 13.2. The Morgan fingerprint density at radius 1 is 1.13 bits per heavy atom. The van der Waals surface area contributed by atoms with E-state index in [2.05, 4.69) is 15.7 Å². The van der Waals surface area contributed by atoms with E-state index in [4.69, 9.17) is 18.7 Å². The third kappa shape index (κ3) is 3.79. The molecular formula is C15H17N3O5. The Balaban J connectivity index is 2.16. The topological polar surface area (TPSA) is 95.2 Å². The average molecular weight is 319 g/mol. The summed E-state index contributed by atoms with van der Waals surface area (Å²) in [4.78, 5) is 11.8. The van der Waals surface area contributed by atoms with Crippen LogP contribution in [0.5, 0.6) is 17.2 Å². The average Bonchev–Trinajstić information content (AvgIpc) is 3.00. The molecule has 8 nitrogen and oxygen atoms in total. The van der Waals surface area contributed by atoms with Crippen LogP contribution in [0.2, 0.25) is 0 Å². The number of hydrogen-bond acceptors (Lipinski definition) is 7. The van der Waals surface area contributed by atoms with Gasteiger partial charge in [-0.3, -0.25) is 4.79 Å². The number of amides is 1. The third-order valence-electron chi connectivity index (χ3n) is 2.97.